The first-order chi connectivity index (χ1) is 16.5. The smallest absolute Gasteiger partial charge is 0.417 e. The normalized spacial score (nSPS) is 17.1. The zero-order valence-corrected chi connectivity index (χ0v) is 19.2. The van der Waals surface area contributed by atoms with E-state index in [2.05, 4.69) is 0 Å². The van der Waals surface area contributed by atoms with Crippen LogP contribution in [0, 0.1) is 5.92 Å². The molecule has 0 radical (unpaired) electrons. The number of nitrogens with zero attached hydrogens (tertiary/aromatic N) is 1. The molecule has 1 fully saturated rings. The molecule has 0 aliphatic carbocycles. The van der Waals surface area contributed by atoms with Crippen molar-refractivity contribution in [2.75, 3.05) is 13.7 Å². The Morgan fingerprint density at radius 2 is 1.59 bits per heavy atom. The van der Waals surface area contributed by atoms with Gasteiger partial charge in [0.2, 0.25) is 5.91 Å². The number of benzene rings is 3. The Balaban J connectivity index is 1.65. The second-order valence-corrected chi connectivity index (χ2v) is 8.40. The van der Waals surface area contributed by atoms with E-state index in [0.29, 0.717) is 23.3 Å². The van der Waals surface area contributed by atoms with Crippen LogP contribution in [-0.4, -0.2) is 42.4 Å². The first-order valence-corrected chi connectivity index (χ1v) is 11.3. The average molecular weight is 458 g/mol. The Labute approximate surface area is 199 Å². The van der Waals surface area contributed by atoms with Gasteiger partial charge in [-0.05, 0) is 41.8 Å². The second-order valence-electron chi connectivity index (χ2n) is 8.40. The van der Waals surface area contributed by atoms with E-state index >= 15 is 0 Å². The molecule has 1 saturated heterocycles. The number of amides is 2. The number of Topliss-reactive ketones (excluding diaryl/α,β-unsaturated/α-hetero) is 1. The molecule has 3 atom stereocenters. The van der Waals surface area contributed by atoms with Gasteiger partial charge in [0.1, 0.15) is 12.4 Å². The fraction of sp³-hybridized carbons (Fsp3) is 0.250. The second kappa shape index (κ2) is 10.3. The molecule has 0 aromatic heterocycles. The van der Waals surface area contributed by atoms with Crippen molar-refractivity contribution in [2.45, 2.75) is 25.3 Å². The highest BCUT2D eigenvalue weighted by molar-refractivity contribution is 6.04. The maximum Gasteiger partial charge on any atom is 0.417 e. The van der Waals surface area contributed by atoms with Gasteiger partial charge in [-0.15, -0.1) is 0 Å². The minimum absolute atomic E-state index is 0.127. The van der Waals surface area contributed by atoms with Gasteiger partial charge in [-0.2, -0.15) is 0 Å². The fourth-order valence-electron chi connectivity index (χ4n) is 4.39. The van der Waals surface area contributed by atoms with E-state index in [1.807, 2.05) is 60.7 Å². The van der Waals surface area contributed by atoms with Crippen molar-refractivity contribution in [1.82, 2.24) is 4.90 Å². The van der Waals surface area contributed by atoms with Crippen molar-refractivity contribution < 1.29 is 23.9 Å². The van der Waals surface area contributed by atoms with E-state index in [1.165, 1.54) is 4.90 Å². The van der Waals surface area contributed by atoms with Gasteiger partial charge >= 0.3 is 6.09 Å². The van der Waals surface area contributed by atoms with Crippen LogP contribution in [0.5, 0.6) is 5.75 Å². The topological polar surface area (TPSA) is 72.9 Å². The number of hydrogen-bond donors (Lipinski definition) is 0. The largest absolute Gasteiger partial charge is 0.497 e. The minimum Gasteiger partial charge on any atom is -0.497 e. The van der Waals surface area contributed by atoms with Crippen LogP contribution in [-0.2, 0) is 16.0 Å². The van der Waals surface area contributed by atoms with Crippen LogP contribution in [0.2, 0.25) is 0 Å². The van der Waals surface area contributed by atoms with Gasteiger partial charge < -0.3 is 9.47 Å². The monoisotopic (exact) mass is 457 g/mol. The number of methoxy groups -OCH3 is 1. The van der Waals surface area contributed by atoms with Crippen molar-refractivity contribution in [1.29, 1.82) is 0 Å². The number of ketones is 1. The van der Waals surface area contributed by atoms with Crippen LogP contribution in [0.3, 0.4) is 0 Å². The number of ether oxygens (including phenoxy) is 2. The number of cyclic esters (lactones) is 1. The summed E-state index contributed by atoms with van der Waals surface area (Å²) in [5.41, 5.74) is 2.16. The summed E-state index contributed by atoms with van der Waals surface area (Å²) < 4.78 is 10.5. The lowest BCUT2D eigenvalue weighted by molar-refractivity contribution is -0.131. The third-order valence-electron chi connectivity index (χ3n) is 6.23. The SMILES string of the molecule is COc1ccc(C(=O)[C@H](C)[C@H](C(=O)N2C(=O)OC[C@H]2Cc2ccccc2)c2ccccc2)cc1. The summed E-state index contributed by atoms with van der Waals surface area (Å²) >= 11 is 0. The first-order valence-electron chi connectivity index (χ1n) is 11.3. The van der Waals surface area contributed by atoms with Gasteiger partial charge in [0, 0.05) is 11.5 Å². The lowest BCUT2D eigenvalue weighted by Gasteiger charge is -2.28. The average Bonchev–Trinajstić information content (AvgIpc) is 3.24. The van der Waals surface area contributed by atoms with Gasteiger partial charge in [-0.3, -0.25) is 9.59 Å². The van der Waals surface area contributed by atoms with Crippen molar-refractivity contribution in [3.63, 3.8) is 0 Å². The number of carbonyl (C=O) groups is 3. The van der Waals surface area contributed by atoms with Crippen molar-refractivity contribution >= 4 is 17.8 Å². The Morgan fingerprint density at radius 1 is 0.971 bits per heavy atom. The summed E-state index contributed by atoms with van der Waals surface area (Å²) in [7, 11) is 1.56. The van der Waals surface area contributed by atoms with Gasteiger partial charge in [0.05, 0.1) is 19.1 Å². The molecule has 6 heteroatoms. The van der Waals surface area contributed by atoms with Crippen molar-refractivity contribution in [3.8, 4) is 5.75 Å². The van der Waals surface area contributed by atoms with Gasteiger partial charge in [-0.1, -0.05) is 67.6 Å². The third-order valence-corrected chi connectivity index (χ3v) is 6.23. The first kappa shape index (κ1) is 23.2. The zero-order chi connectivity index (χ0) is 24.1. The zero-order valence-electron chi connectivity index (χ0n) is 19.2. The highest BCUT2D eigenvalue weighted by atomic mass is 16.6. The van der Waals surface area contributed by atoms with E-state index in [-0.39, 0.29) is 12.4 Å². The Hall–Kier alpha value is -3.93. The highest BCUT2D eigenvalue weighted by Gasteiger charge is 2.44. The molecule has 0 saturated carbocycles. The summed E-state index contributed by atoms with van der Waals surface area (Å²) in [6, 6.07) is 25.2. The molecule has 0 N–H and O–H groups in total. The molecule has 0 unspecified atom stereocenters. The van der Waals surface area contributed by atoms with Crippen LogP contribution < -0.4 is 4.74 Å². The van der Waals surface area contributed by atoms with Gasteiger partial charge in [0.15, 0.2) is 5.78 Å². The summed E-state index contributed by atoms with van der Waals surface area (Å²) in [4.78, 5) is 41.2. The number of hydrogen-bond acceptors (Lipinski definition) is 5. The van der Waals surface area contributed by atoms with E-state index in [0.717, 1.165) is 5.56 Å². The maximum atomic E-state index is 13.9. The molecule has 0 bridgehead atoms. The summed E-state index contributed by atoms with van der Waals surface area (Å²) in [6.07, 6.45) is -0.184. The lowest BCUT2D eigenvalue weighted by atomic mass is 9.81. The molecule has 3 aromatic carbocycles. The van der Waals surface area contributed by atoms with Crippen LogP contribution in [0.25, 0.3) is 0 Å². The molecule has 174 valence electrons. The third kappa shape index (κ3) is 4.86. The Bertz CT molecular complexity index is 1140. The Morgan fingerprint density at radius 3 is 2.21 bits per heavy atom. The van der Waals surface area contributed by atoms with Crippen molar-refractivity contribution in [3.05, 3.63) is 102 Å². The number of rotatable bonds is 8. The maximum absolute atomic E-state index is 13.9. The molecular weight excluding hydrogens is 430 g/mol. The van der Waals surface area contributed by atoms with Crippen LogP contribution in [0.15, 0.2) is 84.9 Å². The van der Waals surface area contributed by atoms with Gasteiger partial charge in [-0.25, -0.2) is 9.69 Å². The van der Waals surface area contributed by atoms with Gasteiger partial charge in [0.25, 0.3) is 0 Å². The van der Waals surface area contributed by atoms with Crippen molar-refractivity contribution in [2.24, 2.45) is 5.92 Å². The summed E-state index contributed by atoms with van der Waals surface area (Å²) in [5, 5.41) is 0. The van der Waals surface area contributed by atoms with Crippen LogP contribution in [0.1, 0.15) is 34.3 Å². The molecule has 2 amide bonds. The predicted molar refractivity (Wildman–Crippen MR) is 128 cm³/mol. The fourth-order valence-corrected chi connectivity index (χ4v) is 4.39. The number of carbonyl (C=O) groups excluding carboxylic acids is 3. The molecule has 0 spiro atoms. The van der Waals surface area contributed by atoms with E-state index in [1.54, 1.807) is 38.3 Å². The highest BCUT2D eigenvalue weighted by Crippen LogP contribution is 2.32. The van der Waals surface area contributed by atoms with E-state index in [9.17, 15) is 14.4 Å². The standard InChI is InChI=1S/C28H27NO5/c1-19(26(30)22-13-15-24(33-2)16-14-22)25(21-11-7-4-8-12-21)27(31)29-23(18-34-28(29)32)17-20-9-5-3-6-10-20/h3-16,19,23,25H,17-18H2,1-2H3/t19-,23-,25+/m1/s1. The van der Waals surface area contributed by atoms with E-state index in [4.69, 9.17) is 9.47 Å². The molecule has 34 heavy (non-hydrogen) atoms. The lowest BCUT2D eigenvalue weighted by Crippen LogP contribution is -2.45. The Kier molecular flexibility index (Phi) is 7.07. The molecule has 1 aliphatic rings. The number of imide groups is 1. The minimum atomic E-state index is -0.834. The van der Waals surface area contributed by atoms with E-state index < -0.39 is 29.9 Å². The molecule has 6 nitrogen and oxygen atoms in total. The summed E-state index contributed by atoms with van der Waals surface area (Å²) in [5.74, 6) is -1.50. The quantitative estimate of drug-likeness (QED) is 0.451. The van der Waals surface area contributed by atoms with Crippen LogP contribution >= 0.6 is 0 Å². The molecule has 1 aliphatic heterocycles. The predicted octanol–water partition coefficient (Wildman–Crippen LogP) is 4.89. The molecule has 3 aromatic rings. The molecular formula is C28H27NO5. The van der Waals surface area contributed by atoms with Crippen LogP contribution in [0.4, 0.5) is 4.79 Å². The molecule has 4 rings (SSSR count). The molecule has 1 heterocycles. The summed E-state index contributed by atoms with van der Waals surface area (Å²) in [6.45, 7) is 1.86.